The predicted molar refractivity (Wildman–Crippen MR) is 127 cm³/mol. The van der Waals surface area contributed by atoms with Crippen molar-refractivity contribution in [1.82, 2.24) is 20.5 Å². The third-order valence-corrected chi connectivity index (χ3v) is 5.61. The summed E-state index contributed by atoms with van der Waals surface area (Å²) in [7, 11) is 0. The van der Waals surface area contributed by atoms with Crippen LogP contribution in [0.1, 0.15) is 43.2 Å². The highest BCUT2D eigenvalue weighted by molar-refractivity contribution is 7.80. The van der Waals surface area contributed by atoms with Crippen molar-refractivity contribution in [2.75, 3.05) is 0 Å². The number of thiocarbonyl (C=S) groups is 1. The van der Waals surface area contributed by atoms with Gasteiger partial charge in [0.1, 0.15) is 5.69 Å². The van der Waals surface area contributed by atoms with Crippen molar-refractivity contribution in [2.45, 2.75) is 45.1 Å². The van der Waals surface area contributed by atoms with Gasteiger partial charge in [-0.1, -0.05) is 67.3 Å². The summed E-state index contributed by atoms with van der Waals surface area (Å²) in [5.41, 5.74) is 8.06. The number of aromatic nitrogens is 2. The fourth-order valence-corrected chi connectivity index (χ4v) is 3.97. The minimum Gasteiger partial charge on any atom is -0.359 e. The molecular weight excluding hydrogens is 390 g/mol. The van der Waals surface area contributed by atoms with Crippen LogP contribution in [-0.4, -0.2) is 27.1 Å². The lowest BCUT2D eigenvalue weighted by atomic mass is 9.96. The SMILES string of the molecule is Cc1ccc(-c2nn(-c3ccccc3)cc2/C=N\NC(=S)NC2CCCCC2)cc1. The molecule has 0 unspecified atom stereocenters. The van der Waals surface area contributed by atoms with Crippen LogP contribution in [0.25, 0.3) is 16.9 Å². The van der Waals surface area contributed by atoms with Crippen LogP contribution in [0.5, 0.6) is 0 Å². The van der Waals surface area contributed by atoms with Crippen molar-refractivity contribution in [2.24, 2.45) is 5.10 Å². The standard InChI is InChI=1S/C24H27N5S/c1-18-12-14-19(15-13-18)23-20(17-29(28-23)22-10-6-3-7-11-22)16-25-27-24(30)26-21-8-4-2-5-9-21/h3,6-7,10-17,21H,2,4-5,8-9H2,1H3,(H2,26,27,30)/b25-16-. The van der Waals surface area contributed by atoms with Gasteiger partial charge in [-0.15, -0.1) is 0 Å². The Morgan fingerprint density at radius 2 is 1.80 bits per heavy atom. The Bertz CT molecular complexity index is 1000. The van der Waals surface area contributed by atoms with E-state index in [0.717, 1.165) is 22.5 Å². The lowest BCUT2D eigenvalue weighted by molar-refractivity contribution is 0.412. The number of hydrogen-bond acceptors (Lipinski definition) is 3. The van der Waals surface area contributed by atoms with Gasteiger partial charge < -0.3 is 5.32 Å². The molecule has 4 rings (SSSR count). The van der Waals surface area contributed by atoms with Gasteiger partial charge in [0.15, 0.2) is 5.11 Å². The Morgan fingerprint density at radius 3 is 2.53 bits per heavy atom. The van der Waals surface area contributed by atoms with Gasteiger partial charge in [0.2, 0.25) is 0 Å². The summed E-state index contributed by atoms with van der Waals surface area (Å²) in [5.74, 6) is 0. The van der Waals surface area contributed by atoms with Crippen LogP contribution in [0.15, 0.2) is 65.9 Å². The van der Waals surface area contributed by atoms with E-state index < -0.39 is 0 Å². The van der Waals surface area contributed by atoms with E-state index in [2.05, 4.69) is 47.0 Å². The molecule has 1 heterocycles. The molecule has 0 spiro atoms. The molecule has 30 heavy (non-hydrogen) atoms. The average molecular weight is 418 g/mol. The molecule has 1 aliphatic carbocycles. The van der Waals surface area contributed by atoms with Gasteiger partial charge in [-0.2, -0.15) is 10.2 Å². The molecule has 0 amide bonds. The highest BCUT2D eigenvalue weighted by Crippen LogP contribution is 2.23. The predicted octanol–water partition coefficient (Wildman–Crippen LogP) is 4.98. The van der Waals surface area contributed by atoms with E-state index >= 15 is 0 Å². The first kappa shape index (κ1) is 20.3. The summed E-state index contributed by atoms with van der Waals surface area (Å²) in [6, 6.07) is 18.9. The smallest absolute Gasteiger partial charge is 0.187 e. The molecule has 1 aromatic heterocycles. The van der Waals surface area contributed by atoms with E-state index in [4.69, 9.17) is 17.3 Å². The summed E-state index contributed by atoms with van der Waals surface area (Å²) in [6.07, 6.45) is 9.98. The minimum atomic E-state index is 0.456. The maximum atomic E-state index is 5.42. The minimum absolute atomic E-state index is 0.456. The maximum absolute atomic E-state index is 5.42. The fourth-order valence-electron chi connectivity index (χ4n) is 3.76. The highest BCUT2D eigenvalue weighted by Gasteiger charge is 2.14. The van der Waals surface area contributed by atoms with Crippen molar-refractivity contribution in [3.8, 4) is 16.9 Å². The Balaban J connectivity index is 1.53. The molecule has 1 aliphatic rings. The largest absolute Gasteiger partial charge is 0.359 e. The van der Waals surface area contributed by atoms with Crippen molar-refractivity contribution in [3.05, 3.63) is 71.9 Å². The Kier molecular flexibility index (Phi) is 6.54. The quantitative estimate of drug-likeness (QED) is 0.349. The number of nitrogens with zero attached hydrogens (tertiary/aromatic N) is 3. The molecule has 2 N–H and O–H groups in total. The Labute approximate surface area is 183 Å². The normalized spacial score (nSPS) is 14.7. The van der Waals surface area contributed by atoms with Crippen molar-refractivity contribution in [1.29, 1.82) is 0 Å². The van der Waals surface area contributed by atoms with Crippen LogP contribution in [0.3, 0.4) is 0 Å². The van der Waals surface area contributed by atoms with Crippen LogP contribution in [-0.2, 0) is 0 Å². The second-order valence-electron chi connectivity index (χ2n) is 7.76. The first-order chi connectivity index (χ1) is 14.7. The Morgan fingerprint density at radius 1 is 1.07 bits per heavy atom. The van der Waals surface area contributed by atoms with E-state index in [-0.39, 0.29) is 0 Å². The zero-order valence-corrected chi connectivity index (χ0v) is 18.0. The molecule has 1 saturated carbocycles. The fraction of sp³-hybridized carbons (Fsp3) is 0.292. The highest BCUT2D eigenvalue weighted by atomic mass is 32.1. The van der Waals surface area contributed by atoms with E-state index in [1.54, 1.807) is 6.21 Å². The van der Waals surface area contributed by atoms with Crippen LogP contribution in [0, 0.1) is 6.92 Å². The van der Waals surface area contributed by atoms with Crippen LogP contribution >= 0.6 is 12.2 Å². The maximum Gasteiger partial charge on any atom is 0.187 e. The molecule has 0 aliphatic heterocycles. The first-order valence-corrected chi connectivity index (χ1v) is 10.9. The van der Waals surface area contributed by atoms with Crippen molar-refractivity contribution >= 4 is 23.5 Å². The van der Waals surface area contributed by atoms with Gasteiger partial charge in [0.05, 0.1) is 11.9 Å². The molecule has 1 fully saturated rings. The first-order valence-electron chi connectivity index (χ1n) is 10.5. The van der Waals surface area contributed by atoms with E-state index in [9.17, 15) is 0 Å². The average Bonchev–Trinajstić information content (AvgIpc) is 3.20. The molecule has 3 aromatic rings. The van der Waals surface area contributed by atoms with Crippen molar-refractivity contribution in [3.63, 3.8) is 0 Å². The number of rotatable bonds is 5. The number of nitrogens with one attached hydrogen (secondary N) is 2. The Hall–Kier alpha value is -2.99. The van der Waals surface area contributed by atoms with Gasteiger partial charge in [0.25, 0.3) is 0 Å². The summed E-state index contributed by atoms with van der Waals surface area (Å²) in [6.45, 7) is 2.08. The molecule has 154 valence electrons. The molecule has 0 bridgehead atoms. The molecule has 5 nitrogen and oxygen atoms in total. The molecule has 6 heteroatoms. The van der Waals surface area contributed by atoms with E-state index in [0.29, 0.717) is 11.2 Å². The zero-order chi connectivity index (χ0) is 20.8. The monoisotopic (exact) mass is 417 g/mol. The number of hydrogen-bond donors (Lipinski definition) is 2. The molecular formula is C24H27N5S. The number of aryl methyl sites for hydroxylation is 1. The molecule has 0 atom stereocenters. The lowest BCUT2D eigenvalue weighted by Crippen LogP contribution is -2.40. The topological polar surface area (TPSA) is 54.2 Å². The van der Waals surface area contributed by atoms with Gasteiger partial charge in [-0.05, 0) is 44.1 Å². The summed E-state index contributed by atoms with van der Waals surface area (Å²) in [5, 5.41) is 13.2. The summed E-state index contributed by atoms with van der Waals surface area (Å²) in [4.78, 5) is 0. The molecule has 0 radical (unpaired) electrons. The van der Waals surface area contributed by atoms with Gasteiger partial charge in [-0.25, -0.2) is 4.68 Å². The zero-order valence-electron chi connectivity index (χ0n) is 17.2. The van der Waals surface area contributed by atoms with Gasteiger partial charge in [-0.3, -0.25) is 5.43 Å². The summed E-state index contributed by atoms with van der Waals surface area (Å²) >= 11 is 5.42. The second-order valence-corrected chi connectivity index (χ2v) is 8.17. The summed E-state index contributed by atoms with van der Waals surface area (Å²) < 4.78 is 1.88. The molecule has 0 saturated heterocycles. The van der Waals surface area contributed by atoms with Gasteiger partial charge >= 0.3 is 0 Å². The second kappa shape index (κ2) is 9.67. The number of hydrazone groups is 1. The van der Waals surface area contributed by atoms with Crippen molar-refractivity contribution < 1.29 is 0 Å². The van der Waals surface area contributed by atoms with Gasteiger partial charge in [0, 0.05) is 23.4 Å². The third kappa shape index (κ3) is 5.13. The molecule has 2 aromatic carbocycles. The van der Waals surface area contributed by atoms with Crippen LogP contribution in [0.2, 0.25) is 0 Å². The number of benzene rings is 2. The van der Waals surface area contributed by atoms with E-state index in [1.807, 2.05) is 41.2 Å². The van der Waals surface area contributed by atoms with E-state index in [1.165, 1.54) is 37.7 Å². The third-order valence-electron chi connectivity index (χ3n) is 5.40. The van der Waals surface area contributed by atoms with Crippen LogP contribution in [0.4, 0.5) is 0 Å². The van der Waals surface area contributed by atoms with Crippen LogP contribution < -0.4 is 10.7 Å². The lowest BCUT2D eigenvalue weighted by Gasteiger charge is -2.23. The number of para-hydroxylation sites is 1.